The molecular weight excluding hydrogens is 537 g/mol. The summed E-state index contributed by atoms with van der Waals surface area (Å²) in [5, 5.41) is 0. The van der Waals surface area contributed by atoms with Crippen LogP contribution in [0.1, 0.15) is 5.82 Å². The number of alkyl halides is 3. The number of aromatic nitrogens is 2. The quantitative estimate of drug-likeness (QED) is 0.335. The Bertz CT molecular complexity index is 972. The van der Waals surface area contributed by atoms with Gasteiger partial charge in [0.05, 0.1) is 9.99 Å². The molecule has 4 nitrogen and oxygen atoms in total. The van der Waals surface area contributed by atoms with E-state index in [4.69, 9.17) is 4.74 Å². The second-order valence-electron chi connectivity index (χ2n) is 4.80. The maximum Gasteiger partial charge on any atom is 0.450 e. The highest BCUT2D eigenvalue weighted by Crippen LogP contribution is 2.40. The first kappa shape index (κ1) is 18.4. The van der Waals surface area contributed by atoms with Crippen molar-refractivity contribution < 1.29 is 22.7 Å². The van der Waals surface area contributed by atoms with Gasteiger partial charge in [0.2, 0.25) is 5.82 Å². The van der Waals surface area contributed by atoms with Crippen LogP contribution in [-0.4, -0.2) is 15.6 Å². The van der Waals surface area contributed by atoms with Gasteiger partial charge in [0, 0.05) is 8.95 Å². The molecule has 1 heterocycles. The van der Waals surface area contributed by atoms with E-state index in [2.05, 4.69) is 52.8 Å². The number of halogens is 6. The Balaban J connectivity index is 2.23. The molecule has 130 valence electrons. The first-order chi connectivity index (χ1) is 11.7. The Morgan fingerprint density at radius 3 is 2.32 bits per heavy atom. The van der Waals surface area contributed by atoms with Gasteiger partial charge in [-0.25, -0.2) is 14.3 Å². The van der Waals surface area contributed by atoms with Gasteiger partial charge in [-0.05, 0) is 66.0 Å². The standard InChI is InChI=1S/C15H6Br3F3N2O2/c16-8-6-9-12(11(18)10(8)17)22-13(15(19,20)21)23(9)14(24)25-7-4-2-1-3-5-7/h1-6H. The lowest BCUT2D eigenvalue weighted by Gasteiger charge is -2.10. The summed E-state index contributed by atoms with van der Waals surface area (Å²) in [6, 6.07) is 9.18. The van der Waals surface area contributed by atoms with E-state index in [1.165, 1.54) is 18.2 Å². The van der Waals surface area contributed by atoms with Gasteiger partial charge in [0.25, 0.3) is 0 Å². The minimum Gasteiger partial charge on any atom is -0.410 e. The molecule has 0 amide bonds. The van der Waals surface area contributed by atoms with Gasteiger partial charge < -0.3 is 4.74 Å². The van der Waals surface area contributed by atoms with Crippen molar-refractivity contribution in [2.75, 3.05) is 0 Å². The fraction of sp³-hybridized carbons (Fsp3) is 0.0667. The molecule has 1 aromatic heterocycles. The monoisotopic (exact) mass is 540 g/mol. The Morgan fingerprint density at radius 1 is 1.08 bits per heavy atom. The summed E-state index contributed by atoms with van der Waals surface area (Å²) in [5.74, 6) is -1.24. The molecule has 0 saturated heterocycles. The molecule has 0 unspecified atom stereocenters. The van der Waals surface area contributed by atoms with Crippen molar-refractivity contribution in [2.45, 2.75) is 6.18 Å². The van der Waals surface area contributed by atoms with Crippen LogP contribution >= 0.6 is 47.8 Å². The van der Waals surface area contributed by atoms with Crippen molar-refractivity contribution in [3.63, 3.8) is 0 Å². The Labute approximate surface area is 164 Å². The topological polar surface area (TPSA) is 44.1 Å². The van der Waals surface area contributed by atoms with Crippen LogP contribution in [-0.2, 0) is 6.18 Å². The molecule has 2 aromatic carbocycles. The predicted molar refractivity (Wildman–Crippen MR) is 95.7 cm³/mol. The molecule has 0 atom stereocenters. The number of hydrogen-bond donors (Lipinski definition) is 0. The van der Waals surface area contributed by atoms with Gasteiger partial charge >= 0.3 is 12.3 Å². The van der Waals surface area contributed by atoms with E-state index in [1.807, 2.05) is 0 Å². The highest BCUT2D eigenvalue weighted by atomic mass is 79.9. The highest BCUT2D eigenvalue weighted by Gasteiger charge is 2.40. The van der Waals surface area contributed by atoms with Crippen LogP contribution in [0.5, 0.6) is 5.75 Å². The molecule has 10 heteroatoms. The maximum atomic E-state index is 13.4. The summed E-state index contributed by atoms with van der Waals surface area (Å²) in [6.07, 6.45) is -6.05. The molecule has 0 aliphatic rings. The van der Waals surface area contributed by atoms with E-state index in [1.54, 1.807) is 18.2 Å². The summed E-state index contributed by atoms with van der Waals surface area (Å²) < 4.78 is 46.8. The normalized spacial score (nSPS) is 11.8. The number of nitrogens with zero attached hydrogens (tertiary/aromatic N) is 2. The van der Waals surface area contributed by atoms with Crippen molar-refractivity contribution >= 4 is 64.9 Å². The van der Waals surface area contributed by atoms with Crippen molar-refractivity contribution in [3.8, 4) is 5.75 Å². The zero-order valence-electron chi connectivity index (χ0n) is 11.9. The van der Waals surface area contributed by atoms with Crippen LogP contribution in [0.2, 0.25) is 0 Å². The van der Waals surface area contributed by atoms with Crippen LogP contribution < -0.4 is 4.74 Å². The van der Waals surface area contributed by atoms with Crippen molar-refractivity contribution in [3.05, 3.63) is 55.6 Å². The zero-order chi connectivity index (χ0) is 18.4. The van der Waals surface area contributed by atoms with Crippen LogP contribution in [0.4, 0.5) is 18.0 Å². The van der Waals surface area contributed by atoms with Crippen molar-refractivity contribution in [1.82, 2.24) is 9.55 Å². The number of benzene rings is 2. The summed E-state index contributed by atoms with van der Waals surface area (Å²) in [5.41, 5.74) is -0.0670. The van der Waals surface area contributed by atoms with E-state index in [0.717, 1.165) is 0 Å². The average molecular weight is 543 g/mol. The number of para-hydroxylation sites is 1. The minimum absolute atomic E-state index is 0.0209. The highest BCUT2D eigenvalue weighted by molar-refractivity contribution is 9.14. The third-order valence-corrected chi connectivity index (χ3v) is 6.46. The lowest BCUT2D eigenvalue weighted by Crippen LogP contribution is -2.24. The van der Waals surface area contributed by atoms with Gasteiger partial charge in [0.1, 0.15) is 11.3 Å². The van der Waals surface area contributed by atoms with Gasteiger partial charge in [-0.2, -0.15) is 13.2 Å². The van der Waals surface area contributed by atoms with Crippen molar-refractivity contribution in [1.29, 1.82) is 0 Å². The molecule has 0 bridgehead atoms. The van der Waals surface area contributed by atoms with Crippen molar-refractivity contribution in [2.24, 2.45) is 0 Å². The van der Waals surface area contributed by atoms with Gasteiger partial charge in [-0.3, -0.25) is 0 Å². The second-order valence-corrected chi connectivity index (χ2v) is 7.24. The Morgan fingerprint density at radius 2 is 1.72 bits per heavy atom. The van der Waals surface area contributed by atoms with Gasteiger partial charge in [-0.15, -0.1) is 0 Å². The zero-order valence-corrected chi connectivity index (χ0v) is 16.7. The molecule has 3 rings (SSSR count). The van der Waals surface area contributed by atoms with Crippen LogP contribution in [0.3, 0.4) is 0 Å². The maximum absolute atomic E-state index is 13.4. The number of rotatable bonds is 1. The third kappa shape index (κ3) is 3.47. The first-order valence-electron chi connectivity index (χ1n) is 6.60. The fourth-order valence-electron chi connectivity index (χ4n) is 2.13. The van der Waals surface area contributed by atoms with Gasteiger partial charge in [-0.1, -0.05) is 18.2 Å². The predicted octanol–water partition coefficient (Wildman–Crippen LogP) is 6.39. The number of fused-ring (bicyclic) bond motifs is 1. The molecule has 0 saturated carbocycles. The molecule has 0 N–H and O–H groups in total. The largest absolute Gasteiger partial charge is 0.450 e. The summed E-state index contributed by atoms with van der Waals surface area (Å²) in [7, 11) is 0. The molecule has 0 spiro atoms. The van der Waals surface area contributed by atoms with E-state index >= 15 is 0 Å². The van der Waals surface area contributed by atoms with E-state index < -0.39 is 18.1 Å². The Hall–Kier alpha value is -1.39. The van der Waals surface area contributed by atoms with E-state index in [0.29, 0.717) is 13.5 Å². The smallest absolute Gasteiger partial charge is 0.410 e. The number of hydrogen-bond acceptors (Lipinski definition) is 3. The Kier molecular flexibility index (Phi) is 4.95. The number of ether oxygens (including phenoxy) is 1. The molecule has 0 aliphatic heterocycles. The van der Waals surface area contributed by atoms with E-state index in [-0.39, 0.29) is 21.3 Å². The summed E-state index contributed by atoms with van der Waals surface area (Å²) in [4.78, 5) is 16.0. The lowest BCUT2D eigenvalue weighted by molar-refractivity contribution is -0.145. The average Bonchev–Trinajstić information content (AvgIpc) is 2.93. The second kappa shape index (κ2) is 6.73. The number of carbonyl (C=O) groups is 1. The molecule has 0 radical (unpaired) electrons. The van der Waals surface area contributed by atoms with Crippen LogP contribution in [0.15, 0.2) is 49.8 Å². The SMILES string of the molecule is O=C(Oc1ccccc1)n1c(C(F)(F)F)nc2c(Br)c(Br)c(Br)cc21. The van der Waals surface area contributed by atoms with E-state index in [9.17, 15) is 18.0 Å². The lowest BCUT2D eigenvalue weighted by atomic mass is 10.3. The fourth-order valence-corrected chi connectivity index (χ4v) is 3.62. The minimum atomic E-state index is -4.84. The molecule has 25 heavy (non-hydrogen) atoms. The first-order valence-corrected chi connectivity index (χ1v) is 8.98. The molecular formula is C15H6Br3F3N2O2. The molecule has 0 aliphatic carbocycles. The number of carbonyl (C=O) groups excluding carboxylic acids is 1. The summed E-state index contributed by atoms with van der Waals surface area (Å²) in [6.45, 7) is 0. The third-order valence-electron chi connectivity index (χ3n) is 3.17. The van der Waals surface area contributed by atoms with Crippen LogP contribution in [0, 0.1) is 0 Å². The van der Waals surface area contributed by atoms with Crippen LogP contribution in [0.25, 0.3) is 11.0 Å². The number of imidazole rings is 1. The van der Waals surface area contributed by atoms with Gasteiger partial charge in [0.15, 0.2) is 0 Å². The molecule has 0 fully saturated rings. The molecule has 3 aromatic rings. The summed E-state index contributed by atoms with van der Waals surface area (Å²) >= 11 is 9.65.